The number of nitrogens with two attached hydrogens (primary N) is 2. The van der Waals surface area contributed by atoms with Crippen molar-refractivity contribution in [3.63, 3.8) is 0 Å². The topological polar surface area (TPSA) is 103 Å². The molecule has 0 spiro atoms. The standard InChI is InChI=1S/C14H10Cl2N6/c15-10-5-8-9(6-11(10)16)13(20-14(17)18)22-21-12(8)7-1-3-19-4-2-7/h1-6H,(H4,17,18,20,22). The minimum atomic E-state index is -0.113. The molecule has 0 bridgehead atoms. The second-order valence-electron chi connectivity index (χ2n) is 4.46. The summed E-state index contributed by atoms with van der Waals surface area (Å²) in [7, 11) is 0. The van der Waals surface area contributed by atoms with Crippen LogP contribution in [0.15, 0.2) is 41.7 Å². The number of aliphatic imine (C=N–C) groups is 1. The molecule has 0 saturated carbocycles. The number of hydrogen-bond donors (Lipinski definition) is 2. The third kappa shape index (κ3) is 2.66. The molecule has 3 rings (SSSR count). The van der Waals surface area contributed by atoms with Crippen LogP contribution in [0.3, 0.4) is 0 Å². The minimum Gasteiger partial charge on any atom is -0.370 e. The summed E-state index contributed by atoms with van der Waals surface area (Å²) in [6.07, 6.45) is 3.34. The predicted molar refractivity (Wildman–Crippen MR) is 88.3 cm³/mol. The van der Waals surface area contributed by atoms with E-state index in [0.717, 1.165) is 10.9 Å². The summed E-state index contributed by atoms with van der Waals surface area (Å²) in [4.78, 5) is 7.97. The normalized spacial score (nSPS) is 10.6. The van der Waals surface area contributed by atoms with E-state index >= 15 is 0 Å². The summed E-state index contributed by atoms with van der Waals surface area (Å²) in [5.74, 6) is 0.171. The van der Waals surface area contributed by atoms with E-state index < -0.39 is 0 Å². The first-order valence-corrected chi connectivity index (χ1v) is 6.97. The average molecular weight is 333 g/mol. The minimum absolute atomic E-state index is 0.113. The highest BCUT2D eigenvalue weighted by Crippen LogP contribution is 2.36. The van der Waals surface area contributed by atoms with E-state index in [-0.39, 0.29) is 11.8 Å². The third-order valence-corrected chi connectivity index (χ3v) is 3.71. The van der Waals surface area contributed by atoms with E-state index in [0.29, 0.717) is 21.1 Å². The Labute approximate surface area is 135 Å². The van der Waals surface area contributed by atoms with Crippen LogP contribution in [0.5, 0.6) is 0 Å². The van der Waals surface area contributed by atoms with Gasteiger partial charge in [-0.05, 0) is 24.3 Å². The molecule has 0 atom stereocenters. The van der Waals surface area contributed by atoms with Crippen LogP contribution < -0.4 is 11.5 Å². The van der Waals surface area contributed by atoms with E-state index in [2.05, 4.69) is 20.2 Å². The van der Waals surface area contributed by atoms with Gasteiger partial charge in [-0.1, -0.05) is 23.2 Å². The van der Waals surface area contributed by atoms with Crippen LogP contribution in [0, 0.1) is 0 Å². The first kappa shape index (κ1) is 14.5. The lowest BCUT2D eigenvalue weighted by molar-refractivity contribution is 1.05. The van der Waals surface area contributed by atoms with Crippen LogP contribution in [-0.2, 0) is 0 Å². The maximum Gasteiger partial charge on any atom is 0.192 e. The molecule has 0 fully saturated rings. The fraction of sp³-hybridized carbons (Fsp3) is 0. The van der Waals surface area contributed by atoms with Gasteiger partial charge in [0, 0.05) is 28.7 Å². The molecule has 0 unspecified atom stereocenters. The zero-order chi connectivity index (χ0) is 15.7. The maximum absolute atomic E-state index is 6.13. The van der Waals surface area contributed by atoms with Crippen molar-refractivity contribution in [2.75, 3.05) is 0 Å². The number of fused-ring (bicyclic) bond motifs is 1. The Morgan fingerprint density at radius 1 is 0.955 bits per heavy atom. The van der Waals surface area contributed by atoms with Crippen LogP contribution >= 0.6 is 23.2 Å². The van der Waals surface area contributed by atoms with Gasteiger partial charge >= 0.3 is 0 Å². The highest BCUT2D eigenvalue weighted by Gasteiger charge is 2.13. The van der Waals surface area contributed by atoms with Gasteiger partial charge < -0.3 is 11.5 Å². The zero-order valence-electron chi connectivity index (χ0n) is 11.2. The Morgan fingerprint density at radius 3 is 2.23 bits per heavy atom. The molecule has 0 aliphatic heterocycles. The van der Waals surface area contributed by atoms with E-state index in [1.54, 1.807) is 24.5 Å². The Bertz CT molecular complexity index is 875. The molecule has 3 aromatic rings. The molecule has 4 N–H and O–H groups in total. The maximum atomic E-state index is 6.13. The van der Waals surface area contributed by atoms with Gasteiger partial charge in [0.1, 0.15) is 5.69 Å². The van der Waals surface area contributed by atoms with Crippen molar-refractivity contribution in [1.29, 1.82) is 0 Å². The van der Waals surface area contributed by atoms with Crippen molar-refractivity contribution < 1.29 is 0 Å². The van der Waals surface area contributed by atoms with Gasteiger partial charge in [0.05, 0.1) is 10.0 Å². The molecule has 22 heavy (non-hydrogen) atoms. The first-order valence-electron chi connectivity index (χ1n) is 6.21. The lowest BCUT2D eigenvalue weighted by atomic mass is 10.1. The molecule has 6 nitrogen and oxygen atoms in total. The molecule has 0 aliphatic rings. The van der Waals surface area contributed by atoms with Crippen molar-refractivity contribution >= 4 is 45.8 Å². The molecular weight excluding hydrogens is 323 g/mol. The molecule has 0 saturated heterocycles. The SMILES string of the molecule is NC(N)=Nc1nnc(-c2ccncc2)c2cc(Cl)c(Cl)cc12. The van der Waals surface area contributed by atoms with Crippen LogP contribution in [0.4, 0.5) is 5.82 Å². The summed E-state index contributed by atoms with van der Waals surface area (Å²) in [5, 5.41) is 10.5. The highest BCUT2D eigenvalue weighted by molar-refractivity contribution is 6.43. The molecule has 8 heteroatoms. The van der Waals surface area contributed by atoms with Crippen LogP contribution in [0.2, 0.25) is 10.0 Å². The molecule has 0 aliphatic carbocycles. The van der Waals surface area contributed by atoms with Crippen LogP contribution in [0.25, 0.3) is 22.0 Å². The van der Waals surface area contributed by atoms with Gasteiger partial charge in [-0.25, -0.2) is 0 Å². The van der Waals surface area contributed by atoms with E-state index in [1.807, 2.05) is 12.1 Å². The fourth-order valence-corrected chi connectivity index (χ4v) is 2.39. The summed E-state index contributed by atoms with van der Waals surface area (Å²) >= 11 is 12.2. The summed E-state index contributed by atoms with van der Waals surface area (Å²) < 4.78 is 0. The fourth-order valence-electron chi connectivity index (χ4n) is 2.06. The van der Waals surface area contributed by atoms with Crippen molar-refractivity contribution in [1.82, 2.24) is 15.2 Å². The van der Waals surface area contributed by atoms with E-state index in [9.17, 15) is 0 Å². The number of pyridine rings is 1. The Hall–Kier alpha value is -2.44. The zero-order valence-corrected chi connectivity index (χ0v) is 12.7. The van der Waals surface area contributed by atoms with Crippen LogP contribution in [0.1, 0.15) is 0 Å². The second-order valence-corrected chi connectivity index (χ2v) is 5.27. The Kier molecular flexibility index (Phi) is 3.79. The molecular formula is C14H10Cl2N6. The quantitative estimate of drug-likeness (QED) is 0.554. The number of hydrogen-bond acceptors (Lipinski definition) is 4. The van der Waals surface area contributed by atoms with Crippen LogP contribution in [-0.4, -0.2) is 21.1 Å². The van der Waals surface area contributed by atoms with Crippen molar-refractivity contribution in [3.05, 3.63) is 46.7 Å². The lowest BCUT2D eigenvalue weighted by Gasteiger charge is -2.08. The molecule has 2 aromatic heterocycles. The van der Waals surface area contributed by atoms with Gasteiger partial charge in [-0.3, -0.25) is 4.98 Å². The highest BCUT2D eigenvalue weighted by atomic mass is 35.5. The number of rotatable bonds is 2. The number of nitrogens with zero attached hydrogens (tertiary/aromatic N) is 4. The van der Waals surface area contributed by atoms with E-state index in [1.165, 1.54) is 0 Å². The predicted octanol–water partition coefficient (Wildman–Crippen LogP) is 2.90. The smallest absolute Gasteiger partial charge is 0.192 e. The van der Waals surface area contributed by atoms with Gasteiger partial charge in [0.25, 0.3) is 0 Å². The molecule has 2 heterocycles. The third-order valence-electron chi connectivity index (χ3n) is 2.99. The van der Waals surface area contributed by atoms with Crippen molar-refractivity contribution in [2.45, 2.75) is 0 Å². The number of guanidine groups is 1. The van der Waals surface area contributed by atoms with Gasteiger partial charge in [-0.15, -0.1) is 10.2 Å². The summed E-state index contributed by atoms with van der Waals surface area (Å²) in [6.45, 7) is 0. The lowest BCUT2D eigenvalue weighted by Crippen LogP contribution is -2.22. The monoisotopic (exact) mass is 332 g/mol. The van der Waals surface area contributed by atoms with Gasteiger partial charge in [-0.2, -0.15) is 4.99 Å². The van der Waals surface area contributed by atoms with Crippen molar-refractivity contribution in [2.24, 2.45) is 16.5 Å². The number of aromatic nitrogens is 3. The Balaban J connectivity index is 2.37. The Morgan fingerprint density at radius 2 is 1.59 bits per heavy atom. The largest absolute Gasteiger partial charge is 0.370 e. The second kappa shape index (κ2) is 5.75. The summed E-state index contributed by atoms with van der Waals surface area (Å²) in [6, 6.07) is 7.04. The molecule has 0 amide bonds. The van der Waals surface area contributed by atoms with Gasteiger partial charge in [0.15, 0.2) is 11.8 Å². The molecule has 0 radical (unpaired) electrons. The average Bonchev–Trinajstić information content (AvgIpc) is 2.50. The first-order chi connectivity index (χ1) is 10.6. The number of halogens is 2. The van der Waals surface area contributed by atoms with Crippen molar-refractivity contribution in [3.8, 4) is 11.3 Å². The number of benzene rings is 1. The van der Waals surface area contributed by atoms with E-state index in [4.69, 9.17) is 34.7 Å². The van der Waals surface area contributed by atoms with Gasteiger partial charge in [0.2, 0.25) is 0 Å². The molecule has 1 aromatic carbocycles. The molecule has 110 valence electrons. The summed E-state index contributed by atoms with van der Waals surface area (Å²) in [5.41, 5.74) is 12.3.